The molecule has 8 heteroatoms. The maximum absolute atomic E-state index is 12.2. The smallest absolute Gasteiger partial charge is 0.319 e. The first-order valence-electron chi connectivity index (χ1n) is 10.2. The van der Waals surface area contributed by atoms with Gasteiger partial charge in [0.15, 0.2) is 0 Å². The van der Waals surface area contributed by atoms with E-state index in [1.165, 1.54) is 0 Å². The molecule has 1 aromatic carbocycles. The van der Waals surface area contributed by atoms with Crippen LogP contribution in [0.4, 0.5) is 16.3 Å². The molecule has 0 radical (unpaired) electrons. The zero-order chi connectivity index (χ0) is 21.6. The number of anilines is 2. The second-order valence-electron chi connectivity index (χ2n) is 7.33. The Morgan fingerprint density at radius 1 is 1.16 bits per heavy atom. The number of ether oxygens (including phenoxy) is 1. The third-order valence-electron chi connectivity index (χ3n) is 5.30. The third-order valence-corrected chi connectivity index (χ3v) is 5.67. The summed E-state index contributed by atoms with van der Waals surface area (Å²) in [5.41, 5.74) is 2.57. The van der Waals surface area contributed by atoms with Crippen LogP contribution in [0.15, 0.2) is 61.1 Å². The molecule has 0 unspecified atom stereocenters. The average Bonchev–Trinajstić information content (AvgIpc) is 2.80. The Hall–Kier alpha value is -3.32. The van der Waals surface area contributed by atoms with Crippen LogP contribution in [0.5, 0.6) is 5.75 Å². The van der Waals surface area contributed by atoms with E-state index in [1.54, 1.807) is 37.8 Å². The van der Waals surface area contributed by atoms with Crippen molar-refractivity contribution in [3.05, 3.63) is 66.1 Å². The van der Waals surface area contributed by atoms with Crippen LogP contribution in [0.1, 0.15) is 12.8 Å². The molecule has 2 amide bonds. The summed E-state index contributed by atoms with van der Waals surface area (Å²) in [5.74, 6) is 1.55. The molecule has 2 aromatic heterocycles. The maximum atomic E-state index is 12.2. The number of methoxy groups -OCH3 is 1. The average molecular weight is 438 g/mol. The first-order valence-corrected chi connectivity index (χ1v) is 10.5. The summed E-state index contributed by atoms with van der Waals surface area (Å²) in [7, 11) is 1.65. The largest absolute Gasteiger partial charge is 0.497 e. The minimum absolute atomic E-state index is 0.0910. The van der Waals surface area contributed by atoms with E-state index in [9.17, 15) is 4.79 Å². The van der Waals surface area contributed by atoms with Crippen LogP contribution >= 0.6 is 11.6 Å². The lowest BCUT2D eigenvalue weighted by Crippen LogP contribution is -2.46. The molecule has 1 fully saturated rings. The Morgan fingerprint density at radius 2 is 2.00 bits per heavy atom. The monoisotopic (exact) mass is 437 g/mol. The molecule has 4 rings (SSSR count). The molecule has 1 aliphatic heterocycles. The van der Waals surface area contributed by atoms with Crippen molar-refractivity contribution in [1.82, 2.24) is 15.3 Å². The van der Waals surface area contributed by atoms with Crippen molar-refractivity contribution < 1.29 is 9.53 Å². The van der Waals surface area contributed by atoms with E-state index < -0.39 is 0 Å². The molecule has 0 bridgehead atoms. The number of hydrogen-bond donors (Lipinski definition) is 2. The summed E-state index contributed by atoms with van der Waals surface area (Å²) < 4.78 is 5.33. The normalized spacial score (nSPS) is 14.2. The number of amides is 2. The molecule has 1 saturated heterocycles. The van der Waals surface area contributed by atoms with Crippen LogP contribution in [0, 0.1) is 0 Å². The van der Waals surface area contributed by atoms with Gasteiger partial charge in [-0.05, 0) is 48.7 Å². The van der Waals surface area contributed by atoms with Crippen LogP contribution in [-0.4, -0.2) is 42.2 Å². The van der Waals surface area contributed by atoms with Gasteiger partial charge >= 0.3 is 6.03 Å². The molecule has 0 spiro atoms. The van der Waals surface area contributed by atoms with E-state index in [1.807, 2.05) is 30.3 Å². The number of pyridine rings is 2. The fourth-order valence-electron chi connectivity index (χ4n) is 3.69. The number of carbonyl (C=O) groups excluding carboxylic acids is 1. The van der Waals surface area contributed by atoms with Gasteiger partial charge in [0, 0.05) is 37.1 Å². The standard InChI is InChI=1S/C23H24ClN5O2/c1-31-19-6-2-4-16(14-19)20-7-11-26-22(21(20)24)29-12-8-17(9-13-29)27-23(30)28-18-5-3-10-25-15-18/h2-7,10-11,14-15,17H,8-9,12-13H2,1H3,(H2,27,28,30). The number of nitrogens with zero attached hydrogens (tertiary/aromatic N) is 3. The van der Waals surface area contributed by atoms with E-state index in [2.05, 4.69) is 25.5 Å². The lowest BCUT2D eigenvalue weighted by atomic mass is 10.0. The third kappa shape index (κ3) is 5.06. The molecule has 31 heavy (non-hydrogen) atoms. The molecule has 0 saturated carbocycles. The Labute approximate surface area is 186 Å². The summed E-state index contributed by atoms with van der Waals surface area (Å²) in [6.45, 7) is 1.51. The molecule has 3 heterocycles. The van der Waals surface area contributed by atoms with Crippen LogP contribution in [0.25, 0.3) is 11.1 Å². The molecule has 7 nitrogen and oxygen atoms in total. The summed E-state index contributed by atoms with van der Waals surface area (Å²) in [6, 6.07) is 13.2. The second-order valence-corrected chi connectivity index (χ2v) is 7.71. The van der Waals surface area contributed by atoms with Crippen LogP contribution in [0.3, 0.4) is 0 Å². The molecule has 160 valence electrons. The maximum Gasteiger partial charge on any atom is 0.319 e. The van der Waals surface area contributed by atoms with E-state index >= 15 is 0 Å². The SMILES string of the molecule is COc1cccc(-c2ccnc(N3CCC(NC(=O)Nc4cccnc4)CC3)c2Cl)c1. The Bertz CT molecular complexity index is 1040. The van der Waals surface area contributed by atoms with Crippen LogP contribution in [0.2, 0.25) is 5.02 Å². The molecular weight excluding hydrogens is 414 g/mol. The number of rotatable bonds is 5. The number of urea groups is 1. The van der Waals surface area contributed by atoms with Crippen molar-refractivity contribution >= 4 is 29.1 Å². The van der Waals surface area contributed by atoms with Gasteiger partial charge in [-0.15, -0.1) is 0 Å². The summed E-state index contributed by atoms with van der Waals surface area (Å²) in [4.78, 5) is 22.9. The lowest BCUT2D eigenvalue weighted by Gasteiger charge is -2.33. The van der Waals surface area contributed by atoms with E-state index in [-0.39, 0.29) is 12.1 Å². The fourth-order valence-corrected chi connectivity index (χ4v) is 4.03. The first-order chi connectivity index (χ1) is 15.1. The minimum Gasteiger partial charge on any atom is -0.497 e. The van der Waals surface area contributed by atoms with Gasteiger partial charge in [0.1, 0.15) is 11.6 Å². The van der Waals surface area contributed by atoms with Gasteiger partial charge in [-0.25, -0.2) is 9.78 Å². The molecule has 3 aromatic rings. The molecule has 2 N–H and O–H groups in total. The number of carbonyl (C=O) groups is 1. The zero-order valence-corrected chi connectivity index (χ0v) is 18.0. The Balaban J connectivity index is 1.39. The number of halogens is 1. The van der Waals surface area contributed by atoms with Gasteiger partial charge < -0.3 is 20.3 Å². The van der Waals surface area contributed by atoms with Crippen molar-refractivity contribution in [3.63, 3.8) is 0 Å². The first kappa shape index (κ1) is 20.9. The van der Waals surface area contributed by atoms with E-state index in [0.29, 0.717) is 10.7 Å². The predicted molar refractivity (Wildman–Crippen MR) is 123 cm³/mol. The van der Waals surface area contributed by atoms with Crippen molar-refractivity contribution in [3.8, 4) is 16.9 Å². The number of aromatic nitrogens is 2. The second kappa shape index (κ2) is 9.66. The van der Waals surface area contributed by atoms with E-state index in [0.717, 1.165) is 48.6 Å². The van der Waals surface area contributed by atoms with Gasteiger partial charge in [0.2, 0.25) is 0 Å². The van der Waals surface area contributed by atoms with Crippen molar-refractivity contribution in [2.24, 2.45) is 0 Å². The Morgan fingerprint density at radius 3 is 2.74 bits per heavy atom. The highest BCUT2D eigenvalue weighted by atomic mass is 35.5. The number of piperidine rings is 1. The molecule has 0 aliphatic carbocycles. The summed E-state index contributed by atoms with van der Waals surface area (Å²) in [5, 5.41) is 6.46. The number of benzene rings is 1. The molecular formula is C23H24ClN5O2. The van der Waals surface area contributed by atoms with Gasteiger partial charge in [0.05, 0.1) is 24.0 Å². The van der Waals surface area contributed by atoms with Crippen molar-refractivity contribution in [1.29, 1.82) is 0 Å². The molecule has 0 atom stereocenters. The summed E-state index contributed by atoms with van der Waals surface area (Å²) in [6.07, 6.45) is 6.68. The minimum atomic E-state index is -0.220. The van der Waals surface area contributed by atoms with Crippen molar-refractivity contribution in [2.45, 2.75) is 18.9 Å². The highest BCUT2D eigenvalue weighted by Gasteiger charge is 2.24. The van der Waals surface area contributed by atoms with Crippen LogP contribution in [-0.2, 0) is 0 Å². The highest BCUT2D eigenvalue weighted by molar-refractivity contribution is 6.35. The van der Waals surface area contributed by atoms with Crippen LogP contribution < -0.4 is 20.3 Å². The lowest BCUT2D eigenvalue weighted by molar-refractivity contribution is 0.246. The quantitative estimate of drug-likeness (QED) is 0.610. The highest BCUT2D eigenvalue weighted by Crippen LogP contribution is 2.36. The zero-order valence-electron chi connectivity index (χ0n) is 17.2. The van der Waals surface area contributed by atoms with Crippen molar-refractivity contribution in [2.75, 3.05) is 30.4 Å². The van der Waals surface area contributed by atoms with Gasteiger partial charge in [0.25, 0.3) is 0 Å². The number of hydrogen-bond acceptors (Lipinski definition) is 5. The van der Waals surface area contributed by atoms with Gasteiger partial charge in [-0.2, -0.15) is 0 Å². The van der Waals surface area contributed by atoms with Gasteiger partial charge in [-0.3, -0.25) is 4.98 Å². The molecule has 1 aliphatic rings. The predicted octanol–water partition coefficient (Wildman–Crippen LogP) is 4.60. The number of nitrogens with one attached hydrogen (secondary N) is 2. The van der Waals surface area contributed by atoms with Gasteiger partial charge in [-0.1, -0.05) is 23.7 Å². The topological polar surface area (TPSA) is 79.4 Å². The summed E-state index contributed by atoms with van der Waals surface area (Å²) >= 11 is 6.75. The fraction of sp³-hybridized carbons (Fsp3) is 0.261. The Kier molecular flexibility index (Phi) is 6.52. The van der Waals surface area contributed by atoms with E-state index in [4.69, 9.17) is 16.3 Å².